The molecule has 1 aromatic rings. The van der Waals surface area contributed by atoms with E-state index in [0.717, 1.165) is 17.7 Å². The number of hydrogen-bond donors (Lipinski definition) is 1. The molecule has 4 heteroatoms. The lowest BCUT2D eigenvalue weighted by molar-refractivity contribution is 0.599. The van der Waals surface area contributed by atoms with E-state index >= 15 is 0 Å². The summed E-state index contributed by atoms with van der Waals surface area (Å²) in [6.07, 6.45) is 1.54. The summed E-state index contributed by atoms with van der Waals surface area (Å²) >= 11 is 0. The Balaban J connectivity index is 2.46. The average Bonchev–Trinajstić information content (AvgIpc) is 2.21. The molecule has 0 amide bonds. The van der Waals surface area contributed by atoms with Crippen molar-refractivity contribution in [2.45, 2.75) is 12.8 Å². The van der Waals surface area contributed by atoms with Crippen LogP contribution in [0.5, 0.6) is 0 Å². The van der Waals surface area contributed by atoms with E-state index in [0.29, 0.717) is 6.42 Å². The molecule has 0 saturated heterocycles. The number of anilines is 1. The first kappa shape index (κ1) is 8.56. The van der Waals surface area contributed by atoms with Crippen LogP contribution in [0.2, 0.25) is 0 Å². The number of aryl methyl sites for hydroxylation is 1. The van der Waals surface area contributed by atoms with Crippen LogP contribution in [0.15, 0.2) is 24.3 Å². The molecule has 1 aliphatic rings. The van der Waals surface area contributed by atoms with Crippen molar-refractivity contribution in [2.24, 2.45) is 0 Å². The predicted octanol–water partition coefficient (Wildman–Crippen LogP) is 1.37. The summed E-state index contributed by atoms with van der Waals surface area (Å²) in [4.78, 5) is 0. The van der Waals surface area contributed by atoms with Crippen LogP contribution in [0.25, 0.3) is 0 Å². The molecule has 0 spiro atoms. The Morgan fingerprint density at radius 3 is 2.85 bits per heavy atom. The minimum Gasteiger partial charge on any atom is -0.283 e. The van der Waals surface area contributed by atoms with Gasteiger partial charge in [0, 0.05) is 0 Å². The molecule has 3 nitrogen and oxygen atoms in total. The maximum Gasteiger partial charge on any atom is 0.232 e. The van der Waals surface area contributed by atoms with Gasteiger partial charge in [0.15, 0.2) is 0 Å². The Morgan fingerprint density at radius 1 is 1.23 bits per heavy atom. The van der Waals surface area contributed by atoms with Crippen molar-refractivity contribution < 1.29 is 8.42 Å². The van der Waals surface area contributed by atoms with Crippen molar-refractivity contribution in [3.8, 4) is 0 Å². The number of para-hydroxylation sites is 1. The van der Waals surface area contributed by atoms with E-state index in [1.807, 2.05) is 18.2 Å². The molecule has 13 heavy (non-hydrogen) atoms. The molecule has 1 heterocycles. The second-order valence-electron chi connectivity index (χ2n) is 3.18. The SMILES string of the molecule is O=S1(=O)CCCc2ccccc2N1. The molecule has 0 bridgehead atoms. The smallest absolute Gasteiger partial charge is 0.232 e. The third kappa shape index (κ3) is 1.83. The zero-order valence-corrected chi connectivity index (χ0v) is 7.97. The molecule has 1 aliphatic heterocycles. The third-order valence-corrected chi connectivity index (χ3v) is 3.50. The maximum absolute atomic E-state index is 11.3. The molecule has 0 aliphatic carbocycles. The fourth-order valence-corrected chi connectivity index (χ4v) is 2.67. The zero-order valence-electron chi connectivity index (χ0n) is 7.16. The monoisotopic (exact) mass is 197 g/mol. The number of rotatable bonds is 0. The number of sulfonamides is 1. The minimum atomic E-state index is -3.08. The third-order valence-electron chi connectivity index (χ3n) is 2.14. The van der Waals surface area contributed by atoms with E-state index < -0.39 is 10.0 Å². The summed E-state index contributed by atoms with van der Waals surface area (Å²) in [6, 6.07) is 7.53. The van der Waals surface area contributed by atoms with Crippen molar-refractivity contribution in [1.82, 2.24) is 0 Å². The van der Waals surface area contributed by atoms with Gasteiger partial charge in [-0.3, -0.25) is 4.72 Å². The minimum absolute atomic E-state index is 0.224. The van der Waals surface area contributed by atoms with Crippen molar-refractivity contribution in [3.05, 3.63) is 29.8 Å². The molecule has 0 saturated carbocycles. The Morgan fingerprint density at radius 2 is 2.00 bits per heavy atom. The van der Waals surface area contributed by atoms with Crippen LogP contribution < -0.4 is 4.72 Å². The first-order chi connectivity index (χ1) is 6.17. The van der Waals surface area contributed by atoms with Crippen molar-refractivity contribution >= 4 is 15.7 Å². The van der Waals surface area contributed by atoms with Crippen LogP contribution in [-0.2, 0) is 16.4 Å². The Hall–Kier alpha value is -1.03. The van der Waals surface area contributed by atoms with Gasteiger partial charge in [0.25, 0.3) is 0 Å². The molecule has 70 valence electrons. The molecule has 0 fully saturated rings. The van der Waals surface area contributed by atoms with Crippen LogP contribution >= 0.6 is 0 Å². The standard InChI is InChI=1S/C9H11NO2S/c11-13(12)7-3-5-8-4-1-2-6-9(8)10-13/h1-2,4,6,10H,3,5,7H2. The summed E-state index contributed by atoms with van der Waals surface area (Å²) < 4.78 is 25.2. The molecule has 0 aromatic heterocycles. The quantitative estimate of drug-likeness (QED) is 0.683. The lowest BCUT2D eigenvalue weighted by atomic mass is 10.1. The van der Waals surface area contributed by atoms with E-state index in [-0.39, 0.29) is 5.75 Å². The number of nitrogens with one attached hydrogen (secondary N) is 1. The molecule has 1 N–H and O–H groups in total. The van der Waals surface area contributed by atoms with Gasteiger partial charge >= 0.3 is 0 Å². The van der Waals surface area contributed by atoms with Gasteiger partial charge in [-0.25, -0.2) is 8.42 Å². The Bertz CT molecular complexity index is 411. The highest BCUT2D eigenvalue weighted by Crippen LogP contribution is 2.21. The van der Waals surface area contributed by atoms with Gasteiger partial charge in [0.1, 0.15) is 0 Å². The first-order valence-electron chi connectivity index (χ1n) is 4.26. The zero-order chi connectivity index (χ0) is 9.31. The summed E-state index contributed by atoms with van der Waals surface area (Å²) in [5.41, 5.74) is 1.82. The highest BCUT2D eigenvalue weighted by Gasteiger charge is 2.16. The van der Waals surface area contributed by atoms with Crippen LogP contribution in [0.3, 0.4) is 0 Å². The fourth-order valence-electron chi connectivity index (χ4n) is 1.51. The largest absolute Gasteiger partial charge is 0.283 e. The second-order valence-corrected chi connectivity index (χ2v) is 5.02. The Labute approximate surface area is 77.8 Å². The summed E-state index contributed by atoms with van der Waals surface area (Å²) in [5, 5.41) is 0. The van der Waals surface area contributed by atoms with Gasteiger partial charge in [-0.15, -0.1) is 0 Å². The molecule has 0 atom stereocenters. The normalized spacial score (nSPS) is 19.7. The number of hydrogen-bond acceptors (Lipinski definition) is 2. The van der Waals surface area contributed by atoms with E-state index in [4.69, 9.17) is 0 Å². The summed E-state index contributed by atoms with van der Waals surface area (Å²) in [7, 11) is -3.08. The van der Waals surface area contributed by atoms with Crippen LogP contribution in [0.4, 0.5) is 5.69 Å². The molecule has 0 radical (unpaired) electrons. The van der Waals surface area contributed by atoms with Gasteiger partial charge in [-0.1, -0.05) is 18.2 Å². The van der Waals surface area contributed by atoms with Crippen LogP contribution in [0.1, 0.15) is 12.0 Å². The summed E-state index contributed by atoms with van der Waals surface area (Å²) in [6.45, 7) is 0. The highest BCUT2D eigenvalue weighted by molar-refractivity contribution is 7.92. The van der Waals surface area contributed by atoms with Crippen molar-refractivity contribution in [1.29, 1.82) is 0 Å². The molecule has 0 unspecified atom stereocenters. The Kier molecular flexibility index (Phi) is 2.00. The first-order valence-corrected chi connectivity index (χ1v) is 5.91. The van der Waals surface area contributed by atoms with E-state index in [2.05, 4.69) is 4.72 Å². The van der Waals surface area contributed by atoms with Gasteiger partial charge in [0.2, 0.25) is 10.0 Å². The average molecular weight is 197 g/mol. The van der Waals surface area contributed by atoms with Gasteiger partial charge < -0.3 is 0 Å². The van der Waals surface area contributed by atoms with E-state index in [1.54, 1.807) is 6.07 Å². The van der Waals surface area contributed by atoms with E-state index in [1.165, 1.54) is 0 Å². The van der Waals surface area contributed by atoms with Gasteiger partial charge in [0.05, 0.1) is 11.4 Å². The van der Waals surface area contributed by atoms with Crippen LogP contribution in [0, 0.1) is 0 Å². The topological polar surface area (TPSA) is 46.2 Å². The highest BCUT2D eigenvalue weighted by atomic mass is 32.2. The lowest BCUT2D eigenvalue weighted by Gasteiger charge is -2.05. The number of fused-ring (bicyclic) bond motifs is 1. The number of benzene rings is 1. The van der Waals surface area contributed by atoms with Crippen molar-refractivity contribution in [2.75, 3.05) is 10.5 Å². The van der Waals surface area contributed by atoms with Gasteiger partial charge in [-0.2, -0.15) is 0 Å². The van der Waals surface area contributed by atoms with Gasteiger partial charge in [-0.05, 0) is 24.5 Å². The molecular weight excluding hydrogens is 186 g/mol. The van der Waals surface area contributed by atoms with Crippen molar-refractivity contribution in [3.63, 3.8) is 0 Å². The second kappa shape index (κ2) is 3.03. The van der Waals surface area contributed by atoms with E-state index in [9.17, 15) is 8.42 Å². The predicted molar refractivity (Wildman–Crippen MR) is 52.2 cm³/mol. The summed E-state index contributed by atoms with van der Waals surface area (Å²) in [5.74, 6) is 0.224. The molecular formula is C9H11NO2S. The molecule has 2 rings (SSSR count). The van der Waals surface area contributed by atoms with Crippen LogP contribution in [-0.4, -0.2) is 14.2 Å². The lowest BCUT2D eigenvalue weighted by Crippen LogP contribution is -2.14. The maximum atomic E-state index is 11.3. The fraction of sp³-hybridized carbons (Fsp3) is 0.333. The molecule has 1 aromatic carbocycles.